The highest BCUT2D eigenvalue weighted by atomic mass is 16.1. The molecule has 0 unspecified atom stereocenters. The molecular formula is C10H16O. The normalized spacial score (nSPS) is 12.8. The topological polar surface area (TPSA) is 17.1 Å². The highest BCUT2D eigenvalue weighted by molar-refractivity contribution is 5.65. The van der Waals surface area contributed by atoms with Crippen LogP contribution in [0.15, 0.2) is 24.3 Å². The van der Waals surface area contributed by atoms with Crippen molar-refractivity contribution in [3.8, 4) is 0 Å². The first-order valence-electron chi connectivity index (χ1n) is 3.76. The molecule has 0 aliphatic heterocycles. The molecule has 0 atom stereocenters. The Morgan fingerprint density at radius 2 is 2.09 bits per heavy atom. The highest BCUT2D eigenvalue weighted by Crippen LogP contribution is 2.25. The van der Waals surface area contributed by atoms with Crippen molar-refractivity contribution in [2.45, 2.75) is 27.2 Å². The van der Waals surface area contributed by atoms with E-state index in [0.29, 0.717) is 0 Å². The van der Waals surface area contributed by atoms with Gasteiger partial charge in [0, 0.05) is 0 Å². The molecule has 0 aromatic rings. The molecule has 0 amide bonds. The summed E-state index contributed by atoms with van der Waals surface area (Å²) in [5.41, 5.74) is 1.20. The van der Waals surface area contributed by atoms with E-state index in [1.54, 1.807) is 6.08 Å². The van der Waals surface area contributed by atoms with Crippen molar-refractivity contribution in [1.82, 2.24) is 0 Å². The first kappa shape index (κ1) is 10.2. The van der Waals surface area contributed by atoms with Crippen LogP contribution in [0.5, 0.6) is 0 Å². The van der Waals surface area contributed by atoms with E-state index in [1.807, 2.05) is 13.0 Å². The second-order valence-corrected chi connectivity index (χ2v) is 3.52. The number of hydrogen-bond donors (Lipinski definition) is 0. The zero-order valence-corrected chi connectivity index (χ0v) is 7.55. The molecule has 0 fully saturated rings. The SMILES string of the molecule is C=CC(C)(C)C/C(C)=C\C=O. The molecule has 0 rings (SSSR count). The Hall–Kier alpha value is -0.850. The van der Waals surface area contributed by atoms with Gasteiger partial charge in [0.25, 0.3) is 0 Å². The first-order chi connectivity index (χ1) is 5.02. The van der Waals surface area contributed by atoms with Gasteiger partial charge >= 0.3 is 0 Å². The average Bonchev–Trinajstić information content (AvgIpc) is 1.87. The van der Waals surface area contributed by atoms with Gasteiger partial charge in [0.1, 0.15) is 6.29 Å². The minimum absolute atomic E-state index is 0.101. The molecule has 0 bridgehead atoms. The Bertz CT molecular complexity index is 175. The molecule has 0 saturated carbocycles. The van der Waals surface area contributed by atoms with Gasteiger partial charge < -0.3 is 0 Å². The molecule has 11 heavy (non-hydrogen) atoms. The monoisotopic (exact) mass is 152 g/mol. The predicted molar refractivity (Wildman–Crippen MR) is 48.4 cm³/mol. The summed E-state index contributed by atoms with van der Waals surface area (Å²) in [4.78, 5) is 10.1. The van der Waals surface area contributed by atoms with Gasteiger partial charge in [-0.15, -0.1) is 6.58 Å². The lowest BCUT2D eigenvalue weighted by molar-refractivity contribution is -0.104. The van der Waals surface area contributed by atoms with Crippen molar-refractivity contribution in [2.75, 3.05) is 0 Å². The molecule has 0 aliphatic rings. The lowest BCUT2D eigenvalue weighted by Gasteiger charge is -2.19. The zero-order valence-electron chi connectivity index (χ0n) is 7.55. The molecule has 0 aromatic carbocycles. The van der Waals surface area contributed by atoms with Crippen molar-refractivity contribution in [2.24, 2.45) is 5.41 Å². The largest absolute Gasteiger partial charge is 0.299 e. The van der Waals surface area contributed by atoms with Gasteiger partial charge in [-0.1, -0.05) is 25.5 Å². The molecule has 0 heterocycles. The Kier molecular flexibility index (Phi) is 3.80. The summed E-state index contributed by atoms with van der Waals surface area (Å²) in [6.45, 7) is 9.89. The number of rotatable bonds is 4. The Morgan fingerprint density at radius 1 is 1.55 bits per heavy atom. The fourth-order valence-corrected chi connectivity index (χ4v) is 0.966. The lowest BCUT2D eigenvalue weighted by atomic mass is 9.86. The van der Waals surface area contributed by atoms with Crippen LogP contribution in [0.4, 0.5) is 0 Å². The minimum Gasteiger partial charge on any atom is -0.299 e. The number of hydrogen-bond acceptors (Lipinski definition) is 1. The van der Waals surface area contributed by atoms with Crippen molar-refractivity contribution in [3.63, 3.8) is 0 Å². The minimum atomic E-state index is 0.101. The maximum Gasteiger partial charge on any atom is 0.142 e. The van der Waals surface area contributed by atoms with E-state index in [2.05, 4.69) is 20.4 Å². The van der Waals surface area contributed by atoms with Crippen LogP contribution in [-0.2, 0) is 4.79 Å². The standard InChI is InChI=1S/C10H16O/c1-5-10(3,4)8-9(2)6-7-11/h5-7H,1,8H2,2-4H3/b9-6-. The summed E-state index contributed by atoms with van der Waals surface area (Å²) < 4.78 is 0. The third-order valence-electron chi connectivity index (χ3n) is 1.64. The van der Waals surface area contributed by atoms with Crippen molar-refractivity contribution >= 4 is 6.29 Å². The highest BCUT2D eigenvalue weighted by Gasteiger charge is 2.12. The smallest absolute Gasteiger partial charge is 0.142 e. The third-order valence-corrected chi connectivity index (χ3v) is 1.64. The molecule has 0 aromatic heterocycles. The van der Waals surface area contributed by atoms with E-state index in [9.17, 15) is 4.79 Å². The van der Waals surface area contributed by atoms with Crippen molar-refractivity contribution < 1.29 is 4.79 Å². The Labute approximate surface area is 68.8 Å². The summed E-state index contributed by atoms with van der Waals surface area (Å²) in [7, 11) is 0. The van der Waals surface area contributed by atoms with Gasteiger partial charge in [0.05, 0.1) is 0 Å². The molecule has 62 valence electrons. The maximum absolute atomic E-state index is 10.1. The zero-order chi connectivity index (χ0) is 8.91. The quantitative estimate of drug-likeness (QED) is 0.344. The van der Waals surface area contributed by atoms with Crippen LogP contribution >= 0.6 is 0 Å². The summed E-state index contributed by atoms with van der Waals surface area (Å²) in [5.74, 6) is 0. The second kappa shape index (κ2) is 4.12. The number of allylic oxidation sites excluding steroid dienone is 3. The molecular weight excluding hydrogens is 136 g/mol. The van der Waals surface area contributed by atoms with E-state index in [-0.39, 0.29) is 5.41 Å². The molecule has 1 heteroatoms. The fraction of sp³-hybridized carbons (Fsp3) is 0.500. The van der Waals surface area contributed by atoms with E-state index < -0.39 is 0 Å². The van der Waals surface area contributed by atoms with Crippen LogP contribution in [0.25, 0.3) is 0 Å². The summed E-state index contributed by atoms with van der Waals surface area (Å²) >= 11 is 0. The van der Waals surface area contributed by atoms with Crippen LogP contribution in [0.3, 0.4) is 0 Å². The lowest BCUT2D eigenvalue weighted by Crippen LogP contribution is -2.06. The van der Waals surface area contributed by atoms with Gasteiger partial charge in [0.15, 0.2) is 0 Å². The molecule has 0 spiro atoms. The number of carbonyl (C=O) groups is 1. The van der Waals surface area contributed by atoms with E-state index in [0.717, 1.165) is 18.3 Å². The van der Waals surface area contributed by atoms with Crippen LogP contribution in [0.1, 0.15) is 27.2 Å². The molecule has 0 aliphatic carbocycles. The van der Waals surface area contributed by atoms with E-state index in [1.165, 1.54) is 0 Å². The van der Waals surface area contributed by atoms with Gasteiger partial charge in [-0.25, -0.2) is 0 Å². The van der Waals surface area contributed by atoms with Gasteiger partial charge in [-0.05, 0) is 24.8 Å². The Morgan fingerprint density at radius 3 is 2.45 bits per heavy atom. The summed E-state index contributed by atoms with van der Waals surface area (Å²) in [6, 6.07) is 0. The Balaban J connectivity index is 4.13. The predicted octanol–water partition coefficient (Wildman–Crippen LogP) is 2.73. The average molecular weight is 152 g/mol. The third kappa shape index (κ3) is 4.54. The second-order valence-electron chi connectivity index (χ2n) is 3.52. The molecule has 0 radical (unpaired) electrons. The van der Waals surface area contributed by atoms with E-state index in [4.69, 9.17) is 0 Å². The summed E-state index contributed by atoms with van der Waals surface area (Å²) in [5, 5.41) is 0. The van der Waals surface area contributed by atoms with Crippen LogP contribution in [0.2, 0.25) is 0 Å². The van der Waals surface area contributed by atoms with Gasteiger partial charge in [-0.2, -0.15) is 0 Å². The van der Waals surface area contributed by atoms with E-state index >= 15 is 0 Å². The van der Waals surface area contributed by atoms with Crippen molar-refractivity contribution in [3.05, 3.63) is 24.3 Å². The first-order valence-corrected chi connectivity index (χ1v) is 3.76. The van der Waals surface area contributed by atoms with Gasteiger partial charge in [0.2, 0.25) is 0 Å². The fourth-order valence-electron chi connectivity index (χ4n) is 0.966. The maximum atomic E-state index is 10.1. The van der Waals surface area contributed by atoms with Crippen LogP contribution in [-0.4, -0.2) is 6.29 Å². The summed E-state index contributed by atoms with van der Waals surface area (Å²) in [6.07, 6.45) is 5.24. The van der Waals surface area contributed by atoms with Crippen molar-refractivity contribution in [1.29, 1.82) is 0 Å². The molecule has 1 nitrogen and oxygen atoms in total. The molecule has 0 N–H and O–H groups in total. The number of carbonyl (C=O) groups excluding carboxylic acids is 1. The van der Waals surface area contributed by atoms with Crippen LogP contribution < -0.4 is 0 Å². The molecule has 0 saturated heterocycles. The van der Waals surface area contributed by atoms with Crippen LogP contribution in [0, 0.1) is 5.41 Å². The van der Waals surface area contributed by atoms with Gasteiger partial charge in [-0.3, -0.25) is 4.79 Å². The number of aldehydes is 1.